The van der Waals surface area contributed by atoms with E-state index in [1.807, 2.05) is 0 Å². The highest BCUT2D eigenvalue weighted by Gasteiger charge is 2.18. The molecular formula is C15H20F2N2O. The fourth-order valence-electron chi connectivity index (χ4n) is 1.83. The molecule has 0 aliphatic heterocycles. The van der Waals surface area contributed by atoms with Gasteiger partial charge in [0.2, 0.25) is 0 Å². The van der Waals surface area contributed by atoms with E-state index >= 15 is 0 Å². The Bertz CT molecular complexity index is 472. The Morgan fingerprint density at radius 1 is 1.30 bits per heavy atom. The number of hydrogen-bond acceptors (Lipinski definition) is 3. The van der Waals surface area contributed by atoms with Crippen molar-refractivity contribution in [1.29, 1.82) is 5.26 Å². The van der Waals surface area contributed by atoms with Crippen LogP contribution in [-0.2, 0) is 11.3 Å². The molecular weight excluding hydrogens is 262 g/mol. The molecule has 0 aromatic heterocycles. The number of rotatable bonds is 7. The van der Waals surface area contributed by atoms with Crippen LogP contribution in [0.1, 0.15) is 31.4 Å². The van der Waals surface area contributed by atoms with Crippen LogP contribution in [0, 0.1) is 28.4 Å². The fourth-order valence-corrected chi connectivity index (χ4v) is 1.83. The lowest BCUT2D eigenvalue weighted by Gasteiger charge is -2.24. The van der Waals surface area contributed by atoms with Gasteiger partial charge in [0, 0.05) is 32.4 Å². The molecule has 0 aliphatic carbocycles. The third kappa shape index (κ3) is 4.87. The maximum Gasteiger partial charge on any atom is 0.131 e. The molecule has 5 heteroatoms. The van der Waals surface area contributed by atoms with Gasteiger partial charge in [-0.05, 0) is 24.0 Å². The van der Waals surface area contributed by atoms with Crippen LogP contribution in [0.25, 0.3) is 0 Å². The summed E-state index contributed by atoms with van der Waals surface area (Å²) in [5.74, 6) is -1.38. The predicted molar refractivity (Wildman–Crippen MR) is 73.1 cm³/mol. The standard InChI is InChI=1S/C15H20F2N2O/c1-15(2,4-5-20-3)10-19-9-12-13(16)6-11(8-18)7-14(12)17/h6-7,19H,4-5,9-10H2,1-3H3. The molecule has 0 spiro atoms. The van der Waals surface area contributed by atoms with Crippen LogP contribution in [-0.4, -0.2) is 20.3 Å². The van der Waals surface area contributed by atoms with Gasteiger partial charge in [-0.15, -0.1) is 0 Å². The zero-order valence-electron chi connectivity index (χ0n) is 12.1. The lowest BCUT2D eigenvalue weighted by molar-refractivity contribution is 0.150. The first-order chi connectivity index (χ1) is 9.39. The lowest BCUT2D eigenvalue weighted by Crippen LogP contribution is -2.30. The van der Waals surface area contributed by atoms with Crippen molar-refractivity contribution in [2.45, 2.75) is 26.8 Å². The maximum atomic E-state index is 13.7. The van der Waals surface area contributed by atoms with E-state index in [0.29, 0.717) is 13.2 Å². The van der Waals surface area contributed by atoms with E-state index in [-0.39, 0.29) is 23.1 Å². The third-order valence-corrected chi connectivity index (χ3v) is 3.16. The van der Waals surface area contributed by atoms with E-state index in [1.165, 1.54) is 0 Å². The zero-order chi connectivity index (χ0) is 15.2. The molecule has 1 aromatic carbocycles. The molecule has 0 atom stereocenters. The number of ether oxygens (including phenoxy) is 1. The number of nitrogens with zero attached hydrogens (tertiary/aromatic N) is 1. The van der Waals surface area contributed by atoms with Gasteiger partial charge in [-0.3, -0.25) is 0 Å². The van der Waals surface area contributed by atoms with Gasteiger partial charge in [0.1, 0.15) is 11.6 Å². The Balaban J connectivity index is 2.61. The largest absolute Gasteiger partial charge is 0.385 e. The molecule has 0 radical (unpaired) electrons. The van der Waals surface area contributed by atoms with Crippen LogP contribution in [0.3, 0.4) is 0 Å². The average molecular weight is 282 g/mol. The van der Waals surface area contributed by atoms with Crippen molar-refractivity contribution in [3.63, 3.8) is 0 Å². The molecule has 0 heterocycles. The number of nitriles is 1. The van der Waals surface area contributed by atoms with Gasteiger partial charge >= 0.3 is 0 Å². The van der Waals surface area contributed by atoms with E-state index in [0.717, 1.165) is 18.6 Å². The molecule has 0 amide bonds. The van der Waals surface area contributed by atoms with E-state index < -0.39 is 11.6 Å². The first-order valence-electron chi connectivity index (χ1n) is 6.47. The summed E-state index contributed by atoms with van der Waals surface area (Å²) in [7, 11) is 1.64. The predicted octanol–water partition coefficient (Wildman–Crippen LogP) is 2.99. The molecule has 20 heavy (non-hydrogen) atoms. The van der Waals surface area contributed by atoms with Gasteiger partial charge in [-0.1, -0.05) is 13.8 Å². The number of hydrogen-bond donors (Lipinski definition) is 1. The summed E-state index contributed by atoms with van der Waals surface area (Å²) >= 11 is 0. The van der Waals surface area contributed by atoms with Crippen molar-refractivity contribution < 1.29 is 13.5 Å². The molecule has 0 saturated carbocycles. The van der Waals surface area contributed by atoms with Gasteiger partial charge in [-0.25, -0.2) is 8.78 Å². The third-order valence-electron chi connectivity index (χ3n) is 3.16. The van der Waals surface area contributed by atoms with Crippen LogP contribution >= 0.6 is 0 Å². The van der Waals surface area contributed by atoms with Crippen LogP contribution in [0.4, 0.5) is 8.78 Å². The first kappa shape index (κ1) is 16.5. The number of methoxy groups -OCH3 is 1. The second-order valence-corrected chi connectivity index (χ2v) is 5.54. The van der Waals surface area contributed by atoms with Gasteiger partial charge in [0.15, 0.2) is 0 Å². The molecule has 3 nitrogen and oxygen atoms in total. The molecule has 1 N–H and O–H groups in total. The summed E-state index contributed by atoms with van der Waals surface area (Å²) in [4.78, 5) is 0. The van der Waals surface area contributed by atoms with E-state index in [9.17, 15) is 8.78 Å². The minimum Gasteiger partial charge on any atom is -0.385 e. The maximum absolute atomic E-state index is 13.7. The molecule has 1 aromatic rings. The summed E-state index contributed by atoms with van der Waals surface area (Å²) in [6.45, 7) is 5.48. The van der Waals surface area contributed by atoms with Gasteiger partial charge in [0.05, 0.1) is 11.6 Å². The van der Waals surface area contributed by atoms with Crippen molar-refractivity contribution in [2.75, 3.05) is 20.3 Å². The van der Waals surface area contributed by atoms with Gasteiger partial charge < -0.3 is 10.1 Å². The summed E-state index contributed by atoms with van der Waals surface area (Å²) in [6, 6.07) is 3.83. The normalized spacial score (nSPS) is 11.4. The van der Waals surface area contributed by atoms with E-state index in [2.05, 4.69) is 19.2 Å². The van der Waals surface area contributed by atoms with Gasteiger partial charge in [0.25, 0.3) is 0 Å². The zero-order valence-corrected chi connectivity index (χ0v) is 12.1. The minimum absolute atomic E-state index is 0.0100. The second-order valence-electron chi connectivity index (χ2n) is 5.54. The van der Waals surface area contributed by atoms with E-state index in [1.54, 1.807) is 13.2 Å². The molecule has 0 unspecified atom stereocenters. The molecule has 110 valence electrons. The van der Waals surface area contributed by atoms with Crippen LogP contribution in [0.15, 0.2) is 12.1 Å². The Hall–Kier alpha value is -1.51. The smallest absolute Gasteiger partial charge is 0.131 e. The lowest BCUT2D eigenvalue weighted by atomic mass is 9.89. The number of benzene rings is 1. The van der Waals surface area contributed by atoms with Crippen molar-refractivity contribution >= 4 is 0 Å². The van der Waals surface area contributed by atoms with Gasteiger partial charge in [-0.2, -0.15) is 5.26 Å². The Labute approximate surface area is 118 Å². The number of nitrogens with one attached hydrogen (secondary N) is 1. The molecule has 1 rings (SSSR count). The first-order valence-corrected chi connectivity index (χ1v) is 6.47. The molecule has 0 fully saturated rings. The topological polar surface area (TPSA) is 45.0 Å². The average Bonchev–Trinajstić information content (AvgIpc) is 2.39. The Kier molecular flexibility index (Phi) is 6.05. The monoisotopic (exact) mass is 282 g/mol. The van der Waals surface area contributed by atoms with Crippen molar-refractivity contribution in [1.82, 2.24) is 5.32 Å². The van der Waals surface area contributed by atoms with Crippen molar-refractivity contribution in [3.8, 4) is 6.07 Å². The molecule has 0 saturated heterocycles. The quantitative estimate of drug-likeness (QED) is 0.836. The van der Waals surface area contributed by atoms with E-state index in [4.69, 9.17) is 10.00 Å². The highest BCUT2D eigenvalue weighted by Crippen LogP contribution is 2.20. The summed E-state index contributed by atoms with van der Waals surface area (Å²) in [6.07, 6.45) is 0.856. The highest BCUT2D eigenvalue weighted by atomic mass is 19.1. The molecule has 0 aliphatic rings. The second kappa shape index (κ2) is 7.32. The van der Waals surface area contributed by atoms with Crippen molar-refractivity contribution in [3.05, 3.63) is 34.9 Å². The summed E-state index contributed by atoms with van der Waals surface area (Å²) in [5, 5.41) is 11.7. The SMILES string of the molecule is COCCC(C)(C)CNCc1c(F)cc(C#N)cc1F. The summed E-state index contributed by atoms with van der Waals surface area (Å²) in [5.41, 5.74) is -0.0639. The fraction of sp³-hybridized carbons (Fsp3) is 0.533. The van der Waals surface area contributed by atoms with Crippen molar-refractivity contribution in [2.24, 2.45) is 5.41 Å². The minimum atomic E-state index is -0.691. The van der Waals surface area contributed by atoms with Crippen LogP contribution in [0.2, 0.25) is 0 Å². The Morgan fingerprint density at radius 2 is 1.90 bits per heavy atom. The summed E-state index contributed by atoms with van der Waals surface area (Å²) < 4.78 is 32.4. The highest BCUT2D eigenvalue weighted by molar-refractivity contribution is 5.34. The Morgan fingerprint density at radius 3 is 2.40 bits per heavy atom. The van der Waals surface area contributed by atoms with Crippen LogP contribution in [0.5, 0.6) is 0 Å². The number of halogens is 2. The van der Waals surface area contributed by atoms with Crippen LogP contribution < -0.4 is 5.32 Å². The molecule has 0 bridgehead atoms.